The van der Waals surface area contributed by atoms with Gasteiger partial charge in [0.25, 0.3) is 0 Å². The predicted octanol–water partition coefficient (Wildman–Crippen LogP) is 1.45. The van der Waals surface area contributed by atoms with Crippen molar-refractivity contribution in [1.29, 1.82) is 0 Å². The van der Waals surface area contributed by atoms with E-state index in [9.17, 15) is 12.9 Å². The molecule has 0 saturated carbocycles. The van der Waals surface area contributed by atoms with Crippen molar-refractivity contribution in [2.24, 2.45) is 9.98 Å². The molecule has 2 heterocycles. The van der Waals surface area contributed by atoms with Gasteiger partial charge in [-0.1, -0.05) is 0 Å². The molecule has 0 aromatic heterocycles. The van der Waals surface area contributed by atoms with Crippen LogP contribution in [0.5, 0.6) is 0 Å². The highest BCUT2D eigenvalue weighted by Crippen LogP contribution is 2.18. The number of hydrogen-bond acceptors (Lipinski definition) is 3. The summed E-state index contributed by atoms with van der Waals surface area (Å²) in [6.45, 7) is -3.98. The van der Waals surface area contributed by atoms with Gasteiger partial charge in [0.05, 0.1) is 0 Å². The second-order valence-corrected chi connectivity index (χ2v) is 3.60. The monoisotopic (exact) mass is 216 g/mol. The molecule has 0 saturated heterocycles. The maximum Gasteiger partial charge on any atom is 0.497 e. The zero-order valence-electron chi connectivity index (χ0n) is 8.04. The highest BCUT2D eigenvalue weighted by atomic mass is 19.4. The van der Waals surface area contributed by atoms with E-state index in [1.807, 2.05) is 0 Å². The molecule has 0 atom stereocenters. The quantitative estimate of drug-likeness (QED) is 0.642. The van der Waals surface area contributed by atoms with Crippen molar-refractivity contribution in [2.45, 2.75) is 6.42 Å². The van der Waals surface area contributed by atoms with Crippen molar-refractivity contribution in [3.63, 3.8) is 0 Å². The molecule has 7 heteroatoms. The van der Waals surface area contributed by atoms with Gasteiger partial charge in [0.1, 0.15) is 6.67 Å². The third kappa shape index (κ3) is 2.61. The molecule has 0 spiro atoms. The van der Waals surface area contributed by atoms with Crippen LogP contribution in [0.25, 0.3) is 0 Å². The minimum atomic E-state index is -4.76. The lowest BCUT2D eigenvalue weighted by Gasteiger charge is -2.31. The summed E-state index contributed by atoms with van der Waals surface area (Å²) in [5.74, 6) is 0. The van der Waals surface area contributed by atoms with Gasteiger partial charge in [-0.25, -0.2) is 0 Å². The van der Waals surface area contributed by atoms with Crippen LogP contribution in [-0.4, -0.2) is 43.5 Å². The van der Waals surface area contributed by atoms with Crippen LogP contribution in [0.15, 0.2) is 21.8 Å². The van der Waals surface area contributed by atoms with E-state index < -0.39 is 13.4 Å². The van der Waals surface area contributed by atoms with E-state index in [2.05, 4.69) is 9.98 Å². The van der Waals surface area contributed by atoms with Crippen molar-refractivity contribution in [2.75, 3.05) is 19.7 Å². The SMILES string of the molecule is F[B-](F)(F)CN1C=C2C=NCN=C2CC1. The number of nitrogens with zero attached hydrogens (tertiary/aromatic N) is 3. The summed E-state index contributed by atoms with van der Waals surface area (Å²) in [6.07, 6.45) is 2.83. The zero-order valence-corrected chi connectivity index (χ0v) is 8.04. The van der Waals surface area contributed by atoms with Gasteiger partial charge >= 0.3 is 6.98 Å². The van der Waals surface area contributed by atoms with Gasteiger partial charge in [0, 0.05) is 36.7 Å². The van der Waals surface area contributed by atoms with E-state index in [0.29, 0.717) is 25.2 Å². The van der Waals surface area contributed by atoms with Crippen LogP contribution < -0.4 is 0 Å². The van der Waals surface area contributed by atoms with Gasteiger partial charge < -0.3 is 17.8 Å². The van der Waals surface area contributed by atoms with Crippen molar-refractivity contribution in [3.05, 3.63) is 11.8 Å². The Balaban J connectivity index is 2.10. The molecular weight excluding hydrogens is 206 g/mol. The average Bonchev–Trinajstić information content (AvgIpc) is 2.15. The van der Waals surface area contributed by atoms with Crippen LogP contribution in [0.2, 0.25) is 0 Å². The molecule has 0 aromatic rings. The number of halogens is 3. The Bertz CT molecular complexity index is 346. The highest BCUT2D eigenvalue weighted by molar-refractivity contribution is 6.58. The Kier molecular flexibility index (Phi) is 2.54. The van der Waals surface area contributed by atoms with Crippen LogP contribution >= 0.6 is 0 Å². The lowest BCUT2D eigenvalue weighted by Crippen LogP contribution is -2.39. The smallest absolute Gasteiger partial charge is 0.448 e. The first-order chi connectivity index (χ1) is 7.04. The number of fused-ring (bicyclic) bond motifs is 1. The molecule has 2 aliphatic rings. The third-order valence-corrected chi connectivity index (χ3v) is 2.31. The fraction of sp³-hybridized carbons (Fsp3) is 0.500. The summed E-state index contributed by atoms with van der Waals surface area (Å²) in [4.78, 5) is 9.32. The molecule has 3 nitrogen and oxygen atoms in total. The molecule has 0 radical (unpaired) electrons. The molecule has 0 aromatic carbocycles. The molecule has 15 heavy (non-hydrogen) atoms. The summed E-state index contributed by atoms with van der Waals surface area (Å²) >= 11 is 0. The maximum absolute atomic E-state index is 12.2. The lowest BCUT2D eigenvalue weighted by atomic mass is 9.90. The highest BCUT2D eigenvalue weighted by Gasteiger charge is 2.27. The lowest BCUT2D eigenvalue weighted by molar-refractivity contribution is 0.360. The Hall–Kier alpha value is -1.27. The number of allylic oxidation sites excluding steroid dienone is 1. The first kappa shape index (κ1) is 10.3. The summed E-state index contributed by atoms with van der Waals surface area (Å²) in [6, 6.07) is 0. The van der Waals surface area contributed by atoms with Gasteiger partial charge in [0.2, 0.25) is 0 Å². The van der Waals surface area contributed by atoms with Gasteiger partial charge in [-0.05, 0) is 6.44 Å². The molecule has 0 amide bonds. The fourth-order valence-corrected chi connectivity index (χ4v) is 1.68. The van der Waals surface area contributed by atoms with Gasteiger partial charge in [0.15, 0.2) is 0 Å². The molecule has 82 valence electrons. The Morgan fingerprint density at radius 1 is 1.40 bits per heavy atom. The fourth-order valence-electron chi connectivity index (χ4n) is 1.68. The minimum absolute atomic E-state index is 0.386. The largest absolute Gasteiger partial charge is 0.497 e. The molecule has 0 aliphatic carbocycles. The van der Waals surface area contributed by atoms with Gasteiger partial charge in [-0.2, -0.15) is 0 Å². The van der Waals surface area contributed by atoms with Crippen LogP contribution in [0.3, 0.4) is 0 Å². The summed E-state index contributed by atoms with van der Waals surface area (Å²) in [7, 11) is 0. The molecule has 0 N–H and O–H groups in total. The van der Waals surface area contributed by atoms with Gasteiger partial charge in [-0.15, -0.1) is 0 Å². The van der Waals surface area contributed by atoms with Crippen LogP contribution in [0.1, 0.15) is 6.42 Å². The first-order valence-electron chi connectivity index (χ1n) is 4.75. The average molecular weight is 216 g/mol. The van der Waals surface area contributed by atoms with E-state index in [-0.39, 0.29) is 0 Å². The van der Waals surface area contributed by atoms with E-state index in [1.54, 1.807) is 6.21 Å². The van der Waals surface area contributed by atoms with Crippen molar-refractivity contribution < 1.29 is 12.9 Å². The molecule has 0 bridgehead atoms. The minimum Gasteiger partial charge on any atom is -0.448 e. The van der Waals surface area contributed by atoms with Crippen molar-refractivity contribution in [1.82, 2.24) is 4.90 Å². The number of aliphatic imine (C=N–C) groups is 2. The third-order valence-electron chi connectivity index (χ3n) is 2.31. The summed E-state index contributed by atoms with van der Waals surface area (Å²) in [5, 5.41) is 0. The zero-order chi connectivity index (χ0) is 10.9. The van der Waals surface area contributed by atoms with Crippen molar-refractivity contribution in [3.8, 4) is 0 Å². The summed E-state index contributed by atoms with van der Waals surface area (Å²) < 4.78 is 36.6. The Labute approximate surface area is 85.4 Å². The van der Waals surface area contributed by atoms with Crippen LogP contribution in [0, 0.1) is 0 Å². The Morgan fingerprint density at radius 2 is 2.20 bits per heavy atom. The topological polar surface area (TPSA) is 28.0 Å². The van der Waals surface area contributed by atoms with E-state index in [1.165, 1.54) is 11.1 Å². The predicted molar refractivity (Wildman–Crippen MR) is 54.1 cm³/mol. The first-order valence-corrected chi connectivity index (χ1v) is 4.75. The van der Waals surface area contributed by atoms with Crippen LogP contribution in [0.4, 0.5) is 12.9 Å². The van der Waals surface area contributed by atoms with Crippen molar-refractivity contribution >= 4 is 18.9 Å². The number of hydrogen-bond donors (Lipinski definition) is 0. The second-order valence-electron chi connectivity index (χ2n) is 3.60. The maximum atomic E-state index is 12.2. The van der Waals surface area contributed by atoms with Gasteiger partial charge in [-0.3, -0.25) is 9.98 Å². The normalized spacial score (nSPS) is 20.9. The molecular formula is C8H10BF3N3-. The molecule has 2 aliphatic heterocycles. The molecule has 2 rings (SSSR count). The standard InChI is InChI=1S/C8H10BF3N3/c10-9(11,12)5-15-2-1-8-7(4-15)3-13-6-14-8/h3-4H,1-2,5-6H2/q-1. The second kappa shape index (κ2) is 3.71. The van der Waals surface area contributed by atoms with Crippen LogP contribution in [-0.2, 0) is 0 Å². The molecule has 0 unspecified atom stereocenters. The van der Waals surface area contributed by atoms with E-state index >= 15 is 0 Å². The summed E-state index contributed by atoms with van der Waals surface area (Å²) in [5.41, 5.74) is 1.59. The number of rotatable bonds is 2. The van der Waals surface area contributed by atoms with E-state index in [4.69, 9.17) is 0 Å². The Morgan fingerprint density at radius 3 is 2.93 bits per heavy atom. The van der Waals surface area contributed by atoms with E-state index in [0.717, 1.165) is 5.71 Å². The molecule has 0 fully saturated rings.